The van der Waals surface area contributed by atoms with E-state index in [4.69, 9.17) is 9.72 Å². The zero-order valence-electron chi connectivity index (χ0n) is 17.0. The maximum Gasteiger partial charge on any atom is 0.252 e. The van der Waals surface area contributed by atoms with Crippen LogP contribution in [0.1, 0.15) is 18.2 Å². The number of benzene rings is 1. The maximum absolute atomic E-state index is 13.1. The molecule has 0 aliphatic rings. The van der Waals surface area contributed by atoms with Crippen molar-refractivity contribution < 1.29 is 9.53 Å². The quantitative estimate of drug-likeness (QED) is 0.300. The molecule has 31 heavy (non-hydrogen) atoms. The molecule has 0 bridgehead atoms. The van der Waals surface area contributed by atoms with E-state index < -0.39 is 0 Å². The van der Waals surface area contributed by atoms with Gasteiger partial charge in [-0.25, -0.2) is 9.97 Å². The highest BCUT2D eigenvalue weighted by Gasteiger charge is 2.19. The van der Waals surface area contributed by atoms with Crippen LogP contribution in [-0.2, 0) is 11.3 Å². The highest BCUT2D eigenvalue weighted by molar-refractivity contribution is 7.22. The van der Waals surface area contributed by atoms with Gasteiger partial charge in [-0.3, -0.25) is 9.69 Å². The van der Waals surface area contributed by atoms with Gasteiger partial charge in [0, 0.05) is 36.4 Å². The fraction of sp³-hybridized carbons (Fsp3) is 0.227. The predicted octanol–water partition coefficient (Wildman–Crippen LogP) is 5.51. The monoisotopic (exact) mass is 474 g/mol. The minimum Gasteiger partial charge on any atom is -0.492 e. The van der Waals surface area contributed by atoms with Gasteiger partial charge in [0.15, 0.2) is 5.13 Å². The van der Waals surface area contributed by atoms with Crippen LogP contribution < -0.4 is 9.64 Å². The molecule has 9 heteroatoms. The Kier molecular flexibility index (Phi) is 8.22. The minimum absolute atomic E-state index is 0. The van der Waals surface area contributed by atoms with E-state index in [9.17, 15) is 4.79 Å². The highest BCUT2D eigenvalue weighted by atomic mass is 35.5. The van der Waals surface area contributed by atoms with Crippen LogP contribution in [0.25, 0.3) is 16.3 Å². The van der Waals surface area contributed by atoms with Gasteiger partial charge in [0.25, 0.3) is 5.91 Å². The summed E-state index contributed by atoms with van der Waals surface area (Å²) in [5.41, 5.74) is 0.800. The van der Waals surface area contributed by atoms with Crippen molar-refractivity contribution in [1.82, 2.24) is 14.5 Å². The molecular weight excluding hydrogens is 452 g/mol. The molecule has 0 aliphatic heterocycles. The Morgan fingerprint density at radius 1 is 1.29 bits per heavy atom. The van der Waals surface area contributed by atoms with E-state index in [0.29, 0.717) is 18.3 Å². The van der Waals surface area contributed by atoms with Crippen LogP contribution in [0, 0.1) is 0 Å². The summed E-state index contributed by atoms with van der Waals surface area (Å²) in [5, 5.41) is 2.68. The van der Waals surface area contributed by atoms with E-state index >= 15 is 0 Å². The van der Waals surface area contributed by atoms with E-state index in [2.05, 4.69) is 4.98 Å². The fourth-order valence-corrected chi connectivity index (χ4v) is 4.69. The molecule has 1 amide bonds. The van der Waals surface area contributed by atoms with Crippen LogP contribution >= 0.6 is 35.1 Å². The molecule has 0 spiro atoms. The molecule has 0 saturated heterocycles. The number of carbonyl (C=O) groups is 1. The highest BCUT2D eigenvalue weighted by Crippen LogP contribution is 2.34. The predicted molar refractivity (Wildman–Crippen MR) is 131 cm³/mol. The number of carbonyl (C=O) groups excluding carboxylic acids is 1. The average Bonchev–Trinajstić information content (AvgIpc) is 3.51. The topological polar surface area (TPSA) is 60.2 Å². The third kappa shape index (κ3) is 5.72. The van der Waals surface area contributed by atoms with Crippen molar-refractivity contribution in [2.24, 2.45) is 0 Å². The molecule has 0 fully saturated rings. The number of fused-ring (bicyclic) bond motifs is 1. The van der Waals surface area contributed by atoms with Gasteiger partial charge in [-0.15, -0.1) is 23.7 Å². The summed E-state index contributed by atoms with van der Waals surface area (Å²) in [6.45, 7) is 3.87. The van der Waals surface area contributed by atoms with E-state index in [0.717, 1.165) is 33.8 Å². The Bertz CT molecular complexity index is 1120. The standard InChI is InChI=1S/C22H22N4O2S2.ClH/c1-2-28-18-7-3-8-19-21(18)24-22(30-19)26(13-5-12-25-14-11-23-16-25)20(27)10-9-17-6-4-15-29-17;/h3-4,6-11,14-16H,2,5,12-13H2,1H3;1H/b10-9+;. The lowest BCUT2D eigenvalue weighted by atomic mass is 10.3. The van der Waals surface area contributed by atoms with Crippen molar-refractivity contribution >= 4 is 62.4 Å². The number of thiophene rings is 1. The number of ether oxygens (including phenoxy) is 1. The number of amides is 1. The SMILES string of the molecule is CCOc1cccc2sc(N(CCCn3ccnc3)C(=O)/C=C/c3cccs3)nc12.Cl. The first-order chi connectivity index (χ1) is 14.7. The zero-order chi connectivity index (χ0) is 20.8. The van der Waals surface area contributed by atoms with Gasteiger partial charge in [0.1, 0.15) is 11.3 Å². The number of imidazole rings is 1. The Morgan fingerprint density at radius 2 is 2.19 bits per heavy atom. The molecule has 0 atom stereocenters. The van der Waals surface area contributed by atoms with Gasteiger partial charge in [0.2, 0.25) is 0 Å². The molecule has 4 aromatic rings. The summed E-state index contributed by atoms with van der Waals surface area (Å²) < 4.78 is 8.73. The van der Waals surface area contributed by atoms with Crippen LogP contribution in [0.2, 0.25) is 0 Å². The van der Waals surface area contributed by atoms with Crippen molar-refractivity contribution in [1.29, 1.82) is 0 Å². The first-order valence-corrected chi connectivity index (χ1v) is 11.5. The third-order valence-electron chi connectivity index (χ3n) is 4.46. The first kappa shape index (κ1) is 23.0. The Balaban J connectivity index is 0.00000272. The molecule has 3 aromatic heterocycles. The van der Waals surface area contributed by atoms with Crippen LogP contribution in [0.3, 0.4) is 0 Å². The number of aromatic nitrogens is 3. The number of rotatable bonds is 9. The fourth-order valence-electron chi connectivity index (χ4n) is 3.06. The van der Waals surface area contributed by atoms with E-state index in [-0.39, 0.29) is 18.3 Å². The summed E-state index contributed by atoms with van der Waals surface area (Å²) in [7, 11) is 0. The van der Waals surface area contributed by atoms with E-state index in [1.54, 1.807) is 34.8 Å². The van der Waals surface area contributed by atoms with Crippen molar-refractivity contribution in [2.45, 2.75) is 19.9 Å². The number of aryl methyl sites for hydroxylation is 1. The second kappa shape index (κ2) is 11.1. The van der Waals surface area contributed by atoms with Crippen LogP contribution in [0.5, 0.6) is 5.75 Å². The largest absolute Gasteiger partial charge is 0.492 e. The molecule has 0 radical (unpaired) electrons. The van der Waals surface area contributed by atoms with Crippen molar-refractivity contribution in [3.63, 3.8) is 0 Å². The van der Waals surface area contributed by atoms with Crippen LogP contribution in [-0.4, -0.2) is 33.6 Å². The first-order valence-electron chi connectivity index (χ1n) is 9.76. The molecule has 3 heterocycles. The number of halogens is 1. The Labute approximate surface area is 195 Å². The minimum atomic E-state index is -0.0777. The molecular formula is C22H23ClN4O2S2. The summed E-state index contributed by atoms with van der Waals surface area (Å²) in [6.07, 6.45) is 9.75. The molecule has 1 aromatic carbocycles. The molecule has 0 aliphatic carbocycles. The van der Waals surface area contributed by atoms with Crippen LogP contribution in [0.15, 0.2) is 60.5 Å². The molecule has 4 rings (SSSR count). The number of nitrogens with zero attached hydrogens (tertiary/aromatic N) is 4. The average molecular weight is 475 g/mol. The van der Waals surface area contributed by atoms with Gasteiger partial charge in [-0.1, -0.05) is 23.5 Å². The van der Waals surface area contributed by atoms with Gasteiger partial charge < -0.3 is 9.30 Å². The lowest BCUT2D eigenvalue weighted by Gasteiger charge is -2.18. The molecule has 162 valence electrons. The number of thiazole rings is 1. The molecule has 0 saturated carbocycles. The number of hydrogen-bond donors (Lipinski definition) is 0. The van der Waals surface area contributed by atoms with E-state index in [1.165, 1.54) is 11.3 Å². The van der Waals surface area contributed by atoms with Gasteiger partial charge >= 0.3 is 0 Å². The molecule has 6 nitrogen and oxygen atoms in total. The maximum atomic E-state index is 13.1. The summed E-state index contributed by atoms with van der Waals surface area (Å²) >= 11 is 3.11. The Hall–Kier alpha value is -2.68. The molecule has 0 N–H and O–H groups in total. The van der Waals surface area contributed by atoms with Gasteiger partial charge in [-0.05, 0) is 43.0 Å². The van der Waals surface area contributed by atoms with Gasteiger partial charge in [-0.2, -0.15) is 0 Å². The second-order valence-corrected chi connectivity index (χ2v) is 8.51. The summed E-state index contributed by atoms with van der Waals surface area (Å²) in [6, 6.07) is 9.84. The van der Waals surface area contributed by atoms with Gasteiger partial charge in [0.05, 0.1) is 17.6 Å². The third-order valence-corrected chi connectivity index (χ3v) is 6.34. The zero-order valence-corrected chi connectivity index (χ0v) is 19.5. The number of para-hydroxylation sites is 1. The van der Waals surface area contributed by atoms with Crippen molar-refractivity contribution in [2.75, 3.05) is 18.1 Å². The summed E-state index contributed by atoms with van der Waals surface area (Å²) in [5.74, 6) is 0.670. The van der Waals surface area contributed by atoms with E-state index in [1.807, 2.05) is 59.5 Å². The van der Waals surface area contributed by atoms with Crippen molar-refractivity contribution in [3.8, 4) is 5.75 Å². The smallest absolute Gasteiger partial charge is 0.252 e. The lowest BCUT2D eigenvalue weighted by molar-refractivity contribution is -0.114. The number of anilines is 1. The summed E-state index contributed by atoms with van der Waals surface area (Å²) in [4.78, 5) is 24.7. The number of hydrogen-bond acceptors (Lipinski definition) is 6. The Morgan fingerprint density at radius 3 is 2.94 bits per heavy atom. The van der Waals surface area contributed by atoms with Crippen LogP contribution in [0.4, 0.5) is 5.13 Å². The molecule has 0 unspecified atom stereocenters. The lowest BCUT2D eigenvalue weighted by Crippen LogP contribution is -2.30. The van der Waals surface area contributed by atoms with Crippen molar-refractivity contribution in [3.05, 3.63) is 65.4 Å². The second-order valence-electron chi connectivity index (χ2n) is 6.53. The normalized spacial score (nSPS) is 11.0.